The molecule has 0 amide bonds. The van der Waals surface area contributed by atoms with Gasteiger partial charge in [-0.15, -0.1) is 9.58 Å². The first-order chi connectivity index (χ1) is 14.4. The van der Waals surface area contributed by atoms with Crippen LogP contribution in [0.4, 0.5) is 0 Å². The first-order valence-corrected chi connectivity index (χ1v) is 15.7. The number of nitrogens with zero attached hydrogens (tertiary/aromatic N) is 4. The van der Waals surface area contributed by atoms with E-state index in [0.29, 0.717) is 0 Å². The third-order valence-corrected chi connectivity index (χ3v) is 15.6. The Morgan fingerprint density at radius 2 is 0.529 bits per heavy atom. The van der Waals surface area contributed by atoms with Gasteiger partial charge in [0.15, 0.2) is 0 Å². The van der Waals surface area contributed by atoms with Crippen LogP contribution in [0.1, 0.15) is 83.1 Å². The molecule has 0 aromatic rings. The molecule has 0 rings (SSSR count). The van der Waals surface area contributed by atoms with Gasteiger partial charge in [-0.05, 0) is 83.1 Å². The van der Waals surface area contributed by atoms with Crippen molar-refractivity contribution in [1.29, 1.82) is 0 Å². The van der Waals surface area contributed by atoms with Crippen molar-refractivity contribution in [2.75, 3.05) is 0 Å². The van der Waals surface area contributed by atoms with E-state index in [1.54, 1.807) is 0 Å². The minimum absolute atomic E-state index is 1.18. The van der Waals surface area contributed by atoms with E-state index in [1.807, 2.05) is 0 Å². The monoisotopic (exact) mass is 564 g/mol. The summed E-state index contributed by atoms with van der Waals surface area (Å²) in [5, 5.41) is 0. The molecule has 0 saturated heterocycles. The highest BCUT2D eigenvalue weighted by atomic mass is 32.3. The Hall–Kier alpha value is -1.44. The lowest BCUT2D eigenvalue weighted by Gasteiger charge is -2.20. The highest BCUT2D eigenvalue weighted by Gasteiger charge is 2.54. The first-order valence-electron chi connectivity index (χ1n) is 9.81. The van der Waals surface area contributed by atoms with Crippen LogP contribution >= 0.6 is 0 Å². The van der Waals surface area contributed by atoms with Gasteiger partial charge < -0.3 is 11.1 Å². The molecule has 0 aliphatic rings. The molecule has 0 saturated carbocycles. The molecule has 0 aromatic heterocycles. The van der Waals surface area contributed by atoms with Gasteiger partial charge >= 0.3 is 8.75 Å². The van der Waals surface area contributed by atoms with Crippen molar-refractivity contribution < 1.29 is 43.3 Å². The van der Waals surface area contributed by atoms with Gasteiger partial charge in [-0.1, -0.05) is 0 Å². The zero-order chi connectivity index (χ0) is 28.6. The fourth-order valence-electron chi connectivity index (χ4n) is 1.55. The van der Waals surface area contributed by atoms with Gasteiger partial charge in [0, 0.05) is 0 Å². The summed E-state index contributed by atoms with van der Waals surface area (Å²) in [6.45, 7) is 16.1. The fourth-order valence-corrected chi connectivity index (χ4v) is 9.39. The molecular formula is C18H36N4O8S4. The number of hydrogen-bond acceptors (Lipinski definition) is 8. The predicted octanol–water partition coefficient (Wildman–Crippen LogP) is 2.00. The normalized spacial score (nSPS) is 14.2. The van der Waals surface area contributed by atoms with Crippen molar-refractivity contribution in [2.45, 2.75) is 102 Å². The lowest BCUT2D eigenvalue weighted by Crippen LogP contribution is -2.45. The molecule has 200 valence electrons. The van der Waals surface area contributed by atoms with Crippen LogP contribution in [0.2, 0.25) is 0 Å². The second-order valence-electron chi connectivity index (χ2n) is 11.2. The first kappa shape index (κ1) is 34.7. The molecule has 16 heteroatoms. The van der Waals surface area contributed by atoms with E-state index in [9.17, 15) is 33.7 Å². The molecule has 0 spiro atoms. The summed E-state index contributed by atoms with van der Waals surface area (Å²) >= 11 is 0. The lowest BCUT2D eigenvalue weighted by molar-refractivity contribution is 0.00320. The summed E-state index contributed by atoms with van der Waals surface area (Å²) < 4.78 is 88.3. The van der Waals surface area contributed by atoms with Gasteiger partial charge in [0.2, 0.25) is 0 Å². The molecule has 0 atom stereocenters. The predicted molar refractivity (Wildman–Crippen MR) is 132 cm³/mol. The molecule has 34 heavy (non-hydrogen) atoms. The Morgan fingerprint density at radius 1 is 0.412 bits per heavy atom. The maximum atomic E-state index is 12.0. The molecule has 0 bridgehead atoms. The molecule has 0 heterocycles. The summed E-state index contributed by atoms with van der Waals surface area (Å²) in [7, 11) is -16.9. The zero-order valence-corrected chi connectivity index (χ0v) is 25.0. The Bertz CT molecular complexity index is 1120. The molecule has 0 unspecified atom stereocenters. The van der Waals surface area contributed by atoms with E-state index in [1.165, 1.54) is 83.1 Å². The highest BCUT2D eigenvalue weighted by molar-refractivity contribution is 8.32. The Labute approximate surface area is 204 Å². The van der Waals surface area contributed by atoms with Crippen LogP contribution in [0.25, 0.3) is 11.1 Å². The maximum Gasteiger partial charge on any atom is 0.496 e. The van der Waals surface area contributed by atoms with Crippen LogP contribution in [0.3, 0.4) is 0 Å². The Morgan fingerprint density at radius 3 is 0.588 bits per heavy atom. The lowest BCUT2D eigenvalue weighted by atomic mass is 10.3. The summed E-state index contributed by atoms with van der Waals surface area (Å²) in [5.74, 6) is 0. The average molecular weight is 565 g/mol. The van der Waals surface area contributed by atoms with Crippen LogP contribution in [0.5, 0.6) is 0 Å². The van der Waals surface area contributed by atoms with Gasteiger partial charge in [0.1, 0.15) is 0 Å². The zero-order valence-electron chi connectivity index (χ0n) is 21.7. The third kappa shape index (κ3) is 6.82. The molecule has 0 aromatic carbocycles. The average Bonchev–Trinajstić information content (AvgIpc) is 2.51. The van der Waals surface area contributed by atoms with Gasteiger partial charge in [0.25, 0.3) is 39.3 Å². The van der Waals surface area contributed by atoms with E-state index in [4.69, 9.17) is 11.1 Å². The van der Waals surface area contributed by atoms with Crippen LogP contribution in [-0.4, -0.2) is 71.0 Å². The third-order valence-electron chi connectivity index (χ3n) is 4.31. The second-order valence-corrected chi connectivity index (χ2v) is 22.2. The SMILES string of the molecule is CC(C)(C)S(=O)(=O)C(=[N+]=[N-])S(=O)(=O)C(C)(C)C.CC(C)(C)S(=O)(=O)C(=[N+]=[N-])S(=O)(=O)C(C)(C)C. The number of hydrogen-bond donors (Lipinski definition) is 0. The summed E-state index contributed by atoms with van der Waals surface area (Å²) in [6.07, 6.45) is 0. The molecule has 12 nitrogen and oxygen atoms in total. The van der Waals surface area contributed by atoms with Crippen molar-refractivity contribution in [2.24, 2.45) is 0 Å². The molecular weight excluding hydrogens is 528 g/mol. The highest BCUT2D eigenvalue weighted by Crippen LogP contribution is 2.26. The summed E-state index contributed by atoms with van der Waals surface area (Å²) in [6, 6.07) is 0. The largest absolute Gasteiger partial charge is 0.496 e. The van der Waals surface area contributed by atoms with Crippen molar-refractivity contribution >= 4 is 48.1 Å². The fraction of sp³-hybridized carbons (Fsp3) is 0.889. The summed E-state index contributed by atoms with van der Waals surface area (Å²) in [5.41, 5.74) is 17.5. The van der Waals surface area contributed by atoms with Gasteiger partial charge in [-0.2, -0.15) is 0 Å². The topological polar surface area (TPSA) is 209 Å². The molecule has 0 aliphatic carbocycles. The van der Waals surface area contributed by atoms with Crippen LogP contribution in [-0.2, 0) is 39.3 Å². The van der Waals surface area contributed by atoms with E-state index in [0.717, 1.165) is 0 Å². The van der Waals surface area contributed by atoms with Crippen molar-refractivity contribution in [1.82, 2.24) is 0 Å². The molecule has 0 radical (unpaired) electrons. The smallest absolute Gasteiger partial charge is 0.359 e. The molecule has 0 aliphatic heterocycles. The second kappa shape index (κ2) is 9.90. The van der Waals surface area contributed by atoms with E-state index >= 15 is 0 Å². The number of sulfone groups is 4. The Kier molecular flexibility index (Phi) is 10.1. The van der Waals surface area contributed by atoms with E-state index in [-0.39, 0.29) is 0 Å². The minimum Gasteiger partial charge on any atom is -0.359 e. The van der Waals surface area contributed by atoms with E-state index in [2.05, 4.69) is 9.58 Å². The standard InChI is InChI=1S/2C9H18N2O4S2/c2*1-8(2,3)16(12,13)7(11-10)17(14,15)9(4,5)6/h2*1-6H3. The quantitative estimate of drug-likeness (QED) is 0.183. The summed E-state index contributed by atoms with van der Waals surface area (Å²) in [4.78, 5) is 5.01. The van der Waals surface area contributed by atoms with Crippen LogP contribution in [0.15, 0.2) is 0 Å². The van der Waals surface area contributed by atoms with Crippen LogP contribution in [0, 0.1) is 0 Å². The minimum atomic E-state index is -4.22. The van der Waals surface area contributed by atoms with Crippen molar-refractivity contribution in [3.8, 4) is 0 Å². The van der Waals surface area contributed by atoms with Crippen molar-refractivity contribution in [3.05, 3.63) is 11.1 Å². The maximum absolute atomic E-state index is 12.0. The van der Waals surface area contributed by atoms with Crippen LogP contribution < -0.4 is 0 Å². The van der Waals surface area contributed by atoms with Gasteiger partial charge in [-0.25, -0.2) is 33.7 Å². The number of rotatable bonds is 0. The van der Waals surface area contributed by atoms with Gasteiger partial charge in [0.05, 0.1) is 19.0 Å². The molecule has 0 fully saturated rings. The molecule has 0 N–H and O–H groups in total. The Balaban J connectivity index is 0. The van der Waals surface area contributed by atoms with E-state index < -0.39 is 67.1 Å². The van der Waals surface area contributed by atoms with Gasteiger partial charge in [-0.3, -0.25) is 0 Å². The van der Waals surface area contributed by atoms with Crippen molar-refractivity contribution in [3.63, 3.8) is 0 Å².